The van der Waals surface area contributed by atoms with E-state index in [1.807, 2.05) is 0 Å². The number of amides is 1. The van der Waals surface area contributed by atoms with Crippen LogP contribution in [0.15, 0.2) is 12.7 Å². The van der Waals surface area contributed by atoms with Crippen molar-refractivity contribution in [3.63, 3.8) is 0 Å². The maximum absolute atomic E-state index is 10.6. The van der Waals surface area contributed by atoms with E-state index >= 15 is 0 Å². The molecule has 0 radical (unpaired) electrons. The molecular formula is C6H12N2O2. The summed E-state index contributed by atoms with van der Waals surface area (Å²) in [6, 6.07) is 0. The van der Waals surface area contributed by atoms with E-state index < -0.39 is 0 Å². The zero-order chi connectivity index (χ0) is 7.82. The number of hydrogen-bond acceptors (Lipinski definition) is 3. The molecule has 58 valence electrons. The van der Waals surface area contributed by atoms with Crippen LogP contribution in [-0.4, -0.2) is 19.1 Å². The summed E-state index contributed by atoms with van der Waals surface area (Å²) in [4.78, 5) is 15.2. The van der Waals surface area contributed by atoms with E-state index in [0.29, 0.717) is 13.2 Å². The van der Waals surface area contributed by atoms with Gasteiger partial charge in [-0.25, -0.2) is 5.48 Å². The average Bonchev–Trinajstić information content (AvgIpc) is 1.89. The first-order chi connectivity index (χ1) is 4.81. The summed E-state index contributed by atoms with van der Waals surface area (Å²) in [5, 5.41) is 0. The van der Waals surface area contributed by atoms with Gasteiger partial charge in [0.1, 0.15) is 0 Å². The molecule has 4 heteroatoms. The van der Waals surface area contributed by atoms with Gasteiger partial charge in [0, 0.05) is 13.0 Å². The molecule has 4 nitrogen and oxygen atoms in total. The summed E-state index contributed by atoms with van der Waals surface area (Å²) in [6.45, 7) is 4.05. The normalized spacial score (nSPS) is 8.90. The van der Waals surface area contributed by atoms with Crippen molar-refractivity contribution >= 4 is 5.91 Å². The van der Waals surface area contributed by atoms with Gasteiger partial charge < -0.3 is 5.73 Å². The maximum Gasteiger partial charge on any atom is 0.244 e. The highest BCUT2D eigenvalue weighted by atomic mass is 16.6. The largest absolute Gasteiger partial charge is 0.330 e. The molecule has 0 spiro atoms. The lowest BCUT2D eigenvalue weighted by molar-refractivity contribution is -0.132. The molecule has 3 N–H and O–H groups in total. The molecule has 1 amide bonds. The molecule has 0 fully saturated rings. The Hall–Kier alpha value is -0.870. The molecule has 0 saturated heterocycles. The Labute approximate surface area is 60.0 Å². The van der Waals surface area contributed by atoms with Gasteiger partial charge in [-0.1, -0.05) is 6.08 Å². The van der Waals surface area contributed by atoms with Crippen molar-refractivity contribution < 1.29 is 9.63 Å². The third-order valence-electron chi connectivity index (χ3n) is 0.759. The number of hydroxylamine groups is 1. The van der Waals surface area contributed by atoms with Crippen molar-refractivity contribution in [3.8, 4) is 0 Å². The van der Waals surface area contributed by atoms with E-state index in [4.69, 9.17) is 5.73 Å². The molecule has 0 aromatic heterocycles. The van der Waals surface area contributed by atoms with Crippen molar-refractivity contribution in [2.45, 2.75) is 6.42 Å². The van der Waals surface area contributed by atoms with Gasteiger partial charge >= 0.3 is 0 Å². The Balaban J connectivity index is 3.13. The molecule has 0 unspecified atom stereocenters. The Bertz CT molecular complexity index is 114. The van der Waals surface area contributed by atoms with Crippen molar-refractivity contribution in [2.24, 2.45) is 5.73 Å². The first-order valence-electron chi connectivity index (χ1n) is 3.03. The summed E-state index contributed by atoms with van der Waals surface area (Å²) in [6.07, 6.45) is 1.83. The smallest absolute Gasteiger partial charge is 0.244 e. The Morgan fingerprint density at radius 2 is 2.50 bits per heavy atom. The van der Waals surface area contributed by atoms with Crippen LogP contribution >= 0.6 is 0 Å². The average molecular weight is 144 g/mol. The van der Waals surface area contributed by atoms with Gasteiger partial charge in [0.25, 0.3) is 0 Å². The van der Waals surface area contributed by atoms with Crippen LogP contribution < -0.4 is 11.2 Å². The molecule has 0 aromatic rings. The van der Waals surface area contributed by atoms with Crippen molar-refractivity contribution in [1.29, 1.82) is 0 Å². The van der Waals surface area contributed by atoms with Crippen LogP contribution in [0.25, 0.3) is 0 Å². The number of carbonyl (C=O) groups excluding carboxylic acids is 1. The summed E-state index contributed by atoms with van der Waals surface area (Å²) < 4.78 is 0. The van der Waals surface area contributed by atoms with Crippen LogP contribution in [0.1, 0.15) is 6.42 Å². The lowest BCUT2D eigenvalue weighted by atomic mass is 10.4. The molecule has 10 heavy (non-hydrogen) atoms. The van der Waals surface area contributed by atoms with Crippen molar-refractivity contribution in [1.82, 2.24) is 5.48 Å². The van der Waals surface area contributed by atoms with Crippen LogP contribution in [0.2, 0.25) is 0 Å². The van der Waals surface area contributed by atoms with Gasteiger partial charge in [-0.2, -0.15) is 0 Å². The second-order valence-corrected chi connectivity index (χ2v) is 1.66. The number of nitrogens with one attached hydrogen (secondary N) is 1. The number of hydrogen-bond donors (Lipinski definition) is 2. The molecule has 0 bridgehead atoms. The summed E-state index contributed by atoms with van der Waals surface area (Å²) in [5.74, 6) is -0.204. The lowest BCUT2D eigenvalue weighted by Gasteiger charge is -2.00. The molecule has 0 aliphatic heterocycles. The Morgan fingerprint density at radius 3 is 3.00 bits per heavy atom. The number of nitrogens with two attached hydrogens (primary N) is 1. The predicted octanol–water partition coefficient (Wildman–Crippen LogP) is -0.431. The van der Waals surface area contributed by atoms with E-state index in [2.05, 4.69) is 16.9 Å². The second kappa shape index (κ2) is 6.25. The van der Waals surface area contributed by atoms with E-state index in [9.17, 15) is 4.79 Å². The van der Waals surface area contributed by atoms with Gasteiger partial charge in [-0.05, 0) is 0 Å². The molecule has 0 aromatic carbocycles. The first kappa shape index (κ1) is 9.13. The summed E-state index contributed by atoms with van der Waals surface area (Å²) in [5.41, 5.74) is 7.29. The summed E-state index contributed by atoms with van der Waals surface area (Å²) in [7, 11) is 0. The second-order valence-electron chi connectivity index (χ2n) is 1.66. The molecule has 0 aliphatic carbocycles. The fraction of sp³-hybridized carbons (Fsp3) is 0.500. The first-order valence-corrected chi connectivity index (χ1v) is 3.03. The topological polar surface area (TPSA) is 64.3 Å². The van der Waals surface area contributed by atoms with Crippen LogP contribution in [0.5, 0.6) is 0 Å². The van der Waals surface area contributed by atoms with Gasteiger partial charge in [0.15, 0.2) is 0 Å². The molecule has 0 rings (SSSR count). The molecule has 0 atom stereocenters. The van der Waals surface area contributed by atoms with Crippen LogP contribution in [0.3, 0.4) is 0 Å². The van der Waals surface area contributed by atoms with Gasteiger partial charge in [-0.3, -0.25) is 9.63 Å². The van der Waals surface area contributed by atoms with Crippen LogP contribution in [0.4, 0.5) is 0 Å². The van der Waals surface area contributed by atoms with Gasteiger partial charge in [0.05, 0.1) is 6.61 Å². The van der Waals surface area contributed by atoms with E-state index in [1.54, 1.807) is 6.08 Å². The third kappa shape index (κ3) is 5.27. The minimum Gasteiger partial charge on any atom is -0.330 e. The van der Waals surface area contributed by atoms with Crippen molar-refractivity contribution in [3.05, 3.63) is 12.7 Å². The summed E-state index contributed by atoms with van der Waals surface area (Å²) >= 11 is 0. The highest BCUT2D eigenvalue weighted by Gasteiger charge is 1.95. The Morgan fingerprint density at radius 1 is 1.80 bits per heavy atom. The zero-order valence-electron chi connectivity index (χ0n) is 5.80. The monoisotopic (exact) mass is 144 g/mol. The third-order valence-corrected chi connectivity index (χ3v) is 0.759. The highest BCUT2D eigenvalue weighted by molar-refractivity contribution is 5.74. The van der Waals surface area contributed by atoms with E-state index in [0.717, 1.165) is 0 Å². The van der Waals surface area contributed by atoms with Crippen LogP contribution in [0, 0.1) is 0 Å². The zero-order valence-corrected chi connectivity index (χ0v) is 5.80. The van der Waals surface area contributed by atoms with E-state index in [-0.39, 0.29) is 12.3 Å². The molecule has 0 aliphatic rings. The fourth-order valence-electron chi connectivity index (χ4n) is 0.363. The number of rotatable bonds is 5. The van der Waals surface area contributed by atoms with Crippen LogP contribution in [-0.2, 0) is 9.63 Å². The minimum absolute atomic E-state index is 0.204. The standard InChI is InChI=1S/C6H12N2O2/c1-2-5-10-8-6(9)3-4-7/h2H,1,3-5,7H2,(H,8,9). The number of carbonyl (C=O) groups is 1. The minimum atomic E-state index is -0.204. The van der Waals surface area contributed by atoms with Crippen molar-refractivity contribution in [2.75, 3.05) is 13.2 Å². The molecule has 0 saturated carbocycles. The molecule has 0 heterocycles. The molecular weight excluding hydrogens is 132 g/mol. The Kier molecular flexibility index (Phi) is 5.71. The quantitative estimate of drug-likeness (QED) is 0.312. The highest BCUT2D eigenvalue weighted by Crippen LogP contribution is 1.75. The van der Waals surface area contributed by atoms with E-state index in [1.165, 1.54) is 0 Å². The fourth-order valence-corrected chi connectivity index (χ4v) is 0.363. The SMILES string of the molecule is C=CCONC(=O)CCN. The lowest BCUT2D eigenvalue weighted by Crippen LogP contribution is -2.25. The van der Waals surface area contributed by atoms with Gasteiger partial charge in [-0.15, -0.1) is 6.58 Å². The maximum atomic E-state index is 10.6. The van der Waals surface area contributed by atoms with Gasteiger partial charge in [0.2, 0.25) is 5.91 Å². The predicted molar refractivity (Wildman–Crippen MR) is 38.0 cm³/mol.